The molecule has 1 saturated heterocycles. The molecule has 2 rings (SSSR count). The molecule has 9 heteroatoms. The van der Waals surface area contributed by atoms with Gasteiger partial charge >= 0.3 is 10.1 Å². The first-order valence-corrected chi connectivity index (χ1v) is 8.60. The molecule has 0 radical (unpaired) electrons. The van der Waals surface area contributed by atoms with E-state index in [2.05, 4.69) is 5.32 Å². The third kappa shape index (κ3) is 3.95. The van der Waals surface area contributed by atoms with Crippen molar-refractivity contribution in [2.75, 3.05) is 6.26 Å². The highest BCUT2D eigenvalue weighted by molar-refractivity contribution is 8.26. The van der Waals surface area contributed by atoms with Crippen LogP contribution in [-0.2, 0) is 14.9 Å². The molecule has 5 nitrogen and oxygen atoms in total. The van der Waals surface area contributed by atoms with Crippen molar-refractivity contribution < 1.29 is 17.4 Å². The van der Waals surface area contributed by atoms with Crippen LogP contribution in [0.3, 0.4) is 0 Å². The Hall–Kier alpha value is -1.09. The first kappa shape index (κ1) is 15.3. The fourth-order valence-corrected chi connectivity index (χ4v) is 3.13. The maximum atomic E-state index is 11.6. The number of carbonyl (C=O) groups is 1. The summed E-state index contributed by atoms with van der Waals surface area (Å²) in [6, 6.07) is 4.42. The summed E-state index contributed by atoms with van der Waals surface area (Å²) in [5.41, 5.74) is 0.380. The number of hydrogen-bond donors (Lipinski definition) is 1. The van der Waals surface area contributed by atoms with Crippen molar-refractivity contribution in [1.82, 2.24) is 5.32 Å². The Kier molecular flexibility index (Phi) is 4.38. The van der Waals surface area contributed by atoms with Gasteiger partial charge in [0.15, 0.2) is 0 Å². The first-order chi connectivity index (χ1) is 9.24. The molecule has 1 aromatic carbocycles. The van der Waals surface area contributed by atoms with Gasteiger partial charge in [-0.3, -0.25) is 4.79 Å². The van der Waals surface area contributed by atoms with E-state index in [0.717, 1.165) is 18.0 Å². The molecule has 1 fully saturated rings. The molecule has 0 atom stereocenters. The van der Waals surface area contributed by atoms with E-state index < -0.39 is 10.1 Å². The quantitative estimate of drug-likeness (QED) is 0.512. The predicted molar refractivity (Wildman–Crippen MR) is 83.2 cm³/mol. The number of benzene rings is 1. The minimum absolute atomic E-state index is 0.0932. The summed E-state index contributed by atoms with van der Waals surface area (Å²) in [5, 5.41) is 2.86. The number of thiocarbonyl (C=S) groups is 1. The molecule has 0 bridgehead atoms. The Morgan fingerprint density at radius 2 is 2.15 bits per heavy atom. The number of halogens is 1. The van der Waals surface area contributed by atoms with Crippen LogP contribution < -0.4 is 9.50 Å². The van der Waals surface area contributed by atoms with Gasteiger partial charge in [0.1, 0.15) is 10.1 Å². The molecule has 1 N–H and O–H groups in total. The largest absolute Gasteiger partial charge is 0.382 e. The van der Waals surface area contributed by atoms with Crippen LogP contribution in [-0.4, -0.2) is 24.9 Å². The monoisotopic (exact) mass is 349 g/mol. The van der Waals surface area contributed by atoms with Crippen LogP contribution in [0.15, 0.2) is 23.1 Å². The number of thioether (sulfide) groups is 1. The van der Waals surface area contributed by atoms with E-state index in [4.69, 9.17) is 28.0 Å². The fraction of sp³-hybridized carbons (Fsp3) is 0.0909. The molecular formula is C11H8ClNO4S3. The molecule has 1 heterocycles. The predicted octanol–water partition coefficient (Wildman–Crippen LogP) is 2.17. The average molecular weight is 350 g/mol. The third-order valence-corrected chi connectivity index (χ3v) is 4.02. The average Bonchev–Trinajstić information content (AvgIpc) is 2.60. The SMILES string of the molecule is CS(=O)(=O)Oc1ccc(Cl)cc1/C=C1\SC(=S)NC1=O. The van der Waals surface area contributed by atoms with E-state index in [1.54, 1.807) is 0 Å². The molecule has 1 aliphatic rings. The molecule has 0 unspecified atom stereocenters. The van der Waals surface area contributed by atoms with Gasteiger partial charge in [0.25, 0.3) is 5.91 Å². The third-order valence-electron chi connectivity index (χ3n) is 2.14. The second-order valence-electron chi connectivity index (χ2n) is 3.82. The zero-order valence-electron chi connectivity index (χ0n) is 10.0. The number of rotatable bonds is 3. The van der Waals surface area contributed by atoms with Crippen molar-refractivity contribution >= 4 is 62.0 Å². The van der Waals surface area contributed by atoms with Crippen LogP contribution in [0.5, 0.6) is 5.75 Å². The van der Waals surface area contributed by atoms with Crippen molar-refractivity contribution in [3.05, 3.63) is 33.7 Å². The normalized spacial score (nSPS) is 17.4. The van der Waals surface area contributed by atoms with Crippen LogP contribution in [0.1, 0.15) is 5.56 Å². The molecule has 1 aliphatic heterocycles. The summed E-state index contributed by atoms with van der Waals surface area (Å²) in [5.74, 6) is -0.249. The highest BCUT2D eigenvalue weighted by atomic mass is 35.5. The van der Waals surface area contributed by atoms with Gasteiger partial charge in [0.2, 0.25) is 0 Å². The van der Waals surface area contributed by atoms with Gasteiger partial charge in [-0.15, -0.1) is 0 Å². The van der Waals surface area contributed by atoms with E-state index in [1.165, 1.54) is 24.3 Å². The second-order valence-corrected chi connectivity index (χ2v) is 7.55. The Balaban J connectivity index is 2.45. The highest BCUT2D eigenvalue weighted by Gasteiger charge is 2.23. The molecule has 0 aromatic heterocycles. The lowest BCUT2D eigenvalue weighted by Gasteiger charge is -2.07. The molecule has 1 aromatic rings. The number of amides is 1. The van der Waals surface area contributed by atoms with Crippen LogP contribution in [0.4, 0.5) is 0 Å². The van der Waals surface area contributed by atoms with Crippen molar-refractivity contribution in [2.45, 2.75) is 0 Å². The fourth-order valence-electron chi connectivity index (χ4n) is 1.43. The van der Waals surface area contributed by atoms with Crippen LogP contribution in [0.25, 0.3) is 6.08 Å². The van der Waals surface area contributed by atoms with E-state index >= 15 is 0 Å². The summed E-state index contributed by atoms with van der Waals surface area (Å²) in [6.45, 7) is 0. The molecule has 106 valence electrons. The molecule has 0 spiro atoms. The molecule has 0 aliphatic carbocycles. The molecule has 0 saturated carbocycles. The van der Waals surface area contributed by atoms with Crippen molar-refractivity contribution in [3.63, 3.8) is 0 Å². The van der Waals surface area contributed by atoms with Crippen LogP contribution >= 0.6 is 35.6 Å². The topological polar surface area (TPSA) is 72.5 Å². The van der Waals surface area contributed by atoms with Gasteiger partial charge < -0.3 is 9.50 Å². The van der Waals surface area contributed by atoms with Crippen molar-refractivity contribution in [2.24, 2.45) is 0 Å². The smallest absolute Gasteiger partial charge is 0.306 e. The van der Waals surface area contributed by atoms with Crippen molar-refractivity contribution in [1.29, 1.82) is 0 Å². The minimum atomic E-state index is -3.68. The standard InChI is InChI=1S/C11H8ClNO4S3/c1-20(15,16)17-8-3-2-7(12)4-6(8)5-9-10(14)13-11(18)19-9/h2-5H,1H3,(H,13,14,18)/b9-5-. The summed E-state index contributed by atoms with van der Waals surface area (Å²) < 4.78 is 27.6. The van der Waals surface area contributed by atoms with Crippen LogP contribution in [0.2, 0.25) is 5.02 Å². The maximum absolute atomic E-state index is 11.6. The minimum Gasteiger partial charge on any atom is -0.382 e. The Morgan fingerprint density at radius 1 is 1.45 bits per heavy atom. The highest BCUT2D eigenvalue weighted by Crippen LogP contribution is 2.31. The van der Waals surface area contributed by atoms with Crippen molar-refractivity contribution in [3.8, 4) is 5.75 Å². The van der Waals surface area contributed by atoms with E-state index in [-0.39, 0.29) is 11.7 Å². The summed E-state index contributed by atoms with van der Waals surface area (Å²) in [6.07, 6.45) is 2.41. The summed E-state index contributed by atoms with van der Waals surface area (Å²) in [7, 11) is -3.68. The van der Waals surface area contributed by atoms with Gasteiger partial charge in [-0.25, -0.2) is 0 Å². The lowest BCUT2D eigenvalue weighted by Crippen LogP contribution is -2.17. The zero-order valence-corrected chi connectivity index (χ0v) is 13.3. The number of nitrogens with one attached hydrogen (secondary N) is 1. The second kappa shape index (κ2) is 5.72. The lowest BCUT2D eigenvalue weighted by atomic mass is 10.2. The summed E-state index contributed by atoms with van der Waals surface area (Å²) >= 11 is 11.8. The molecular weight excluding hydrogens is 342 g/mol. The van der Waals surface area contributed by atoms with Gasteiger partial charge in [-0.2, -0.15) is 8.42 Å². The van der Waals surface area contributed by atoms with E-state index in [0.29, 0.717) is 19.8 Å². The Morgan fingerprint density at radius 3 is 2.70 bits per heavy atom. The molecule has 20 heavy (non-hydrogen) atoms. The summed E-state index contributed by atoms with van der Waals surface area (Å²) in [4.78, 5) is 11.9. The maximum Gasteiger partial charge on any atom is 0.306 e. The van der Waals surface area contributed by atoms with Crippen LogP contribution in [0, 0.1) is 0 Å². The van der Waals surface area contributed by atoms with E-state index in [1.807, 2.05) is 0 Å². The van der Waals surface area contributed by atoms with Gasteiger partial charge in [-0.05, 0) is 24.3 Å². The van der Waals surface area contributed by atoms with Gasteiger partial charge in [0.05, 0.1) is 11.2 Å². The molecule has 1 amide bonds. The zero-order chi connectivity index (χ0) is 14.9. The van der Waals surface area contributed by atoms with E-state index in [9.17, 15) is 13.2 Å². The number of hydrogen-bond acceptors (Lipinski definition) is 6. The Bertz CT molecular complexity index is 727. The van der Waals surface area contributed by atoms with Gasteiger partial charge in [-0.1, -0.05) is 35.6 Å². The first-order valence-electron chi connectivity index (χ1n) is 5.18. The number of carbonyl (C=O) groups excluding carboxylic acids is 1. The van der Waals surface area contributed by atoms with Gasteiger partial charge in [0, 0.05) is 10.6 Å². The Labute approximate surface area is 130 Å². The lowest BCUT2D eigenvalue weighted by molar-refractivity contribution is -0.115.